The summed E-state index contributed by atoms with van der Waals surface area (Å²) in [6.07, 6.45) is 9.89. The van der Waals surface area contributed by atoms with Crippen molar-refractivity contribution in [3.8, 4) is 0 Å². The number of rotatable bonds is 5. The van der Waals surface area contributed by atoms with E-state index < -0.39 is 0 Å². The molecule has 0 atom stereocenters. The summed E-state index contributed by atoms with van der Waals surface area (Å²) < 4.78 is 0. The minimum atomic E-state index is 0.274. The van der Waals surface area contributed by atoms with Gasteiger partial charge in [-0.25, -0.2) is 0 Å². The van der Waals surface area contributed by atoms with Gasteiger partial charge in [-0.05, 0) is 62.3 Å². The lowest BCUT2D eigenvalue weighted by molar-refractivity contribution is 0.221. The van der Waals surface area contributed by atoms with Crippen molar-refractivity contribution in [3.05, 3.63) is 47.3 Å². The Morgan fingerprint density at radius 2 is 2.14 bits per heavy atom. The van der Waals surface area contributed by atoms with Crippen molar-refractivity contribution in [1.82, 2.24) is 4.98 Å². The van der Waals surface area contributed by atoms with Crippen LogP contribution in [0.2, 0.25) is 0 Å². The van der Waals surface area contributed by atoms with Crippen molar-refractivity contribution in [1.29, 1.82) is 0 Å². The number of hydrogen-bond donors (Lipinski definition) is 0. The maximum Gasteiger partial charge on any atom is 0.0451 e. The third-order valence-corrected chi connectivity index (χ3v) is 4.51. The molecule has 0 amide bonds. The van der Waals surface area contributed by atoms with Crippen LogP contribution >= 0.6 is 0 Å². The number of allylic oxidation sites excluding steroid dienone is 3. The fourth-order valence-electron chi connectivity index (χ4n) is 2.69. The highest BCUT2D eigenvalue weighted by Crippen LogP contribution is 2.46. The third kappa shape index (κ3) is 3.49. The standard InChI is InChI=1S/C19H26N2/c1-6-20-13-17(11-15(3)19(5)8-7-9-19)18-10-14(2)12-21-16(18)4/h10-13H,3,6-9H2,1-2,4-5H3/b17-11+,20-13-. The highest BCUT2D eigenvalue weighted by atomic mass is 14.7. The van der Waals surface area contributed by atoms with Gasteiger partial charge in [0.25, 0.3) is 0 Å². The van der Waals surface area contributed by atoms with Crippen LogP contribution in [0.5, 0.6) is 0 Å². The van der Waals surface area contributed by atoms with Gasteiger partial charge in [0.1, 0.15) is 0 Å². The van der Waals surface area contributed by atoms with Crippen molar-refractivity contribution >= 4 is 11.8 Å². The number of nitrogens with zero attached hydrogens (tertiary/aromatic N) is 2. The van der Waals surface area contributed by atoms with Gasteiger partial charge in [0.05, 0.1) is 0 Å². The molecular formula is C19H26N2. The van der Waals surface area contributed by atoms with Gasteiger partial charge in [-0.2, -0.15) is 0 Å². The lowest BCUT2D eigenvalue weighted by Crippen LogP contribution is -2.26. The molecule has 0 aliphatic heterocycles. The Labute approximate surface area is 128 Å². The number of aliphatic imine (C=N–C) groups is 1. The fourth-order valence-corrected chi connectivity index (χ4v) is 2.69. The van der Waals surface area contributed by atoms with E-state index in [1.54, 1.807) is 0 Å². The van der Waals surface area contributed by atoms with Gasteiger partial charge < -0.3 is 0 Å². The Morgan fingerprint density at radius 1 is 1.43 bits per heavy atom. The molecule has 2 nitrogen and oxygen atoms in total. The lowest BCUT2D eigenvalue weighted by Gasteiger charge is -2.39. The molecule has 1 heterocycles. The predicted octanol–water partition coefficient (Wildman–Crippen LogP) is 4.92. The average molecular weight is 282 g/mol. The first-order valence-corrected chi connectivity index (χ1v) is 7.81. The van der Waals surface area contributed by atoms with Gasteiger partial charge in [0.2, 0.25) is 0 Å². The van der Waals surface area contributed by atoms with E-state index in [4.69, 9.17) is 0 Å². The van der Waals surface area contributed by atoms with E-state index in [1.807, 2.05) is 12.4 Å². The smallest absolute Gasteiger partial charge is 0.0451 e. The summed E-state index contributed by atoms with van der Waals surface area (Å²) in [6.45, 7) is 13.6. The van der Waals surface area contributed by atoms with Crippen LogP contribution in [0, 0.1) is 19.3 Å². The molecule has 2 rings (SSSR count). The zero-order chi connectivity index (χ0) is 15.5. The normalized spacial score (nSPS) is 17.8. The van der Waals surface area contributed by atoms with Crippen LogP contribution in [-0.2, 0) is 0 Å². The molecule has 0 spiro atoms. The van der Waals surface area contributed by atoms with Crippen LogP contribution in [0.4, 0.5) is 0 Å². The molecule has 0 bridgehead atoms. The molecule has 0 unspecified atom stereocenters. The zero-order valence-electron chi connectivity index (χ0n) is 13.7. The average Bonchev–Trinajstić information content (AvgIpc) is 2.43. The molecule has 0 N–H and O–H groups in total. The topological polar surface area (TPSA) is 25.2 Å². The Kier molecular flexibility index (Phi) is 4.76. The maximum atomic E-state index is 4.48. The molecule has 0 saturated heterocycles. The molecule has 1 aliphatic rings. The number of aromatic nitrogens is 1. The Balaban J connectivity index is 2.40. The minimum Gasteiger partial charge on any atom is -0.293 e. The molecule has 0 aromatic carbocycles. The highest BCUT2D eigenvalue weighted by molar-refractivity contribution is 6.11. The largest absolute Gasteiger partial charge is 0.293 e. The van der Waals surface area contributed by atoms with E-state index in [0.717, 1.165) is 23.4 Å². The summed E-state index contributed by atoms with van der Waals surface area (Å²) in [5.74, 6) is 0. The van der Waals surface area contributed by atoms with Crippen LogP contribution in [0.1, 0.15) is 49.9 Å². The Bertz CT molecular complexity index is 590. The summed E-state index contributed by atoms with van der Waals surface area (Å²) in [5.41, 5.74) is 6.00. The van der Waals surface area contributed by atoms with Crippen LogP contribution in [0.15, 0.2) is 35.5 Å². The molecule has 1 fully saturated rings. The summed E-state index contributed by atoms with van der Waals surface area (Å²) in [6, 6.07) is 2.19. The van der Waals surface area contributed by atoms with E-state index in [9.17, 15) is 0 Å². The SMILES string of the molecule is C=C(/C=C(\C=N/CC)c1cc(C)cnc1C)C1(C)CCC1. The summed E-state index contributed by atoms with van der Waals surface area (Å²) in [7, 11) is 0. The number of aryl methyl sites for hydroxylation is 2. The molecule has 0 radical (unpaired) electrons. The van der Waals surface area contributed by atoms with Gasteiger partial charge in [0, 0.05) is 35.8 Å². The van der Waals surface area contributed by atoms with Crippen molar-refractivity contribution in [2.75, 3.05) is 6.54 Å². The second-order valence-electron chi connectivity index (χ2n) is 6.31. The van der Waals surface area contributed by atoms with Crippen LogP contribution in [0.3, 0.4) is 0 Å². The van der Waals surface area contributed by atoms with Crippen molar-refractivity contribution in [2.45, 2.75) is 47.0 Å². The first kappa shape index (κ1) is 15.7. The first-order valence-electron chi connectivity index (χ1n) is 7.81. The van der Waals surface area contributed by atoms with Crippen LogP contribution < -0.4 is 0 Å². The van der Waals surface area contributed by atoms with Gasteiger partial charge in [-0.1, -0.05) is 19.9 Å². The molecule has 21 heavy (non-hydrogen) atoms. The Morgan fingerprint density at radius 3 is 2.71 bits per heavy atom. The quantitative estimate of drug-likeness (QED) is 0.556. The molecule has 1 aromatic rings. The van der Waals surface area contributed by atoms with E-state index in [-0.39, 0.29) is 5.41 Å². The Hall–Kier alpha value is -1.70. The summed E-state index contributed by atoms with van der Waals surface area (Å²) >= 11 is 0. The van der Waals surface area contributed by atoms with E-state index in [0.29, 0.717) is 0 Å². The molecule has 1 aliphatic carbocycles. The molecule has 2 heteroatoms. The summed E-state index contributed by atoms with van der Waals surface area (Å²) in [4.78, 5) is 8.92. The zero-order valence-corrected chi connectivity index (χ0v) is 13.7. The number of pyridine rings is 1. The minimum absolute atomic E-state index is 0.274. The van der Waals surface area contributed by atoms with Gasteiger partial charge in [-0.3, -0.25) is 9.98 Å². The van der Waals surface area contributed by atoms with Crippen LogP contribution in [0.25, 0.3) is 5.57 Å². The second-order valence-corrected chi connectivity index (χ2v) is 6.31. The highest BCUT2D eigenvalue weighted by Gasteiger charge is 2.33. The summed E-state index contributed by atoms with van der Waals surface area (Å²) in [5, 5.41) is 0. The van der Waals surface area contributed by atoms with Crippen molar-refractivity contribution < 1.29 is 0 Å². The van der Waals surface area contributed by atoms with E-state index in [2.05, 4.69) is 56.4 Å². The lowest BCUT2D eigenvalue weighted by atomic mass is 9.65. The van der Waals surface area contributed by atoms with Crippen molar-refractivity contribution in [2.24, 2.45) is 10.4 Å². The van der Waals surface area contributed by atoms with E-state index in [1.165, 1.54) is 30.4 Å². The maximum absolute atomic E-state index is 4.48. The fraction of sp³-hybridized carbons (Fsp3) is 0.474. The molecular weight excluding hydrogens is 256 g/mol. The monoisotopic (exact) mass is 282 g/mol. The predicted molar refractivity (Wildman–Crippen MR) is 91.8 cm³/mol. The number of hydrogen-bond acceptors (Lipinski definition) is 2. The van der Waals surface area contributed by atoms with Crippen LogP contribution in [-0.4, -0.2) is 17.7 Å². The molecule has 1 aromatic heterocycles. The van der Waals surface area contributed by atoms with Crippen molar-refractivity contribution in [3.63, 3.8) is 0 Å². The second kappa shape index (κ2) is 6.38. The molecule has 1 saturated carbocycles. The van der Waals surface area contributed by atoms with Gasteiger partial charge in [-0.15, -0.1) is 0 Å². The third-order valence-electron chi connectivity index (χ3n) is 4.51. The van der Waals surface area contributed by atoms with Gasteiger partial charge >= 0.3 is 0 Å². The molecule has 112 valence electrons. The van der Waals surface area contributed by atoms with E-state index >= 15 is 0 Å². The first-order chi connectivity index (χ1) is 9.96. The van der Waals surface area contributed by atoms with Gasteiger partial charge in [0.15, 0.2) is 0 Å².